The second kappa shape index (κ2) is 9.96. The number of nitrogens with two attached hydrogens (primary N) is 1. The van der Waals surface area contributed by atoms with E-state index >= 15 is 0 Å². The quantitative estimate of drug-likeness (QED) is 0.380. The van der Waals surface area contributed by atoms with Gasteiger partial charge in [-0.1, -0.05) is 27.2 Å². The summed E-state index contributed by atoms with van der Waals surface area (Å²) >= 11 is 0. The average molecular weight is 548 g/mol. The molecule has 5 amide bonds. The molecule has 2 heterocycles. The van der Waals surface area contributed by atoms with E-state index in [1.807, 2.05) is 20.8 Å². The van der Waals surface area contributed by atoms with Crippen LogP contribution in [0.4, 0.5) is 4.79 Å². The normalized spacial score (nSPS) is 26.4. The lowest BCUT2D eigenvalue weighted by molar-refractivity contribution is -0.142. The molecule has 2 saturated heterocycles. The van der Waals surface area contributed by atoms with Crippen LogP contribution >= 0.6 is 0 Å². The molecule has 11 heteroatoms. The van der Waals surface area contributed by atoms with E-state index in [2.05, 4.69) is 16.0 Å². The molecule has 39 heavy (non-hydrogen) atoms. The molecular weight excluding hydrogens is 502 g/mol. The van der Waals surface area contributed by atoms with E-state index in [1.165, 1.54) is 0 Å². The predicted octanol–water partition coefficient (Wildman–Crippen LogP) is 1.73. The second-order valence-electron chi connectivity index (χ2n) is 14.4. The van der Waals surface area contributed by atoms with Gasteiger partial charge in [0.25, 0.3) is 0 Å². The highest BCUT2D eigenvalue weighted by atomic mass is 16.6. The van der Waals surface area contributed by atoms with Gasteiger partial charge in [0.2, 0.25) is 23.6 Å². The molecule has 5 N–H and O–H groups in total. The van der Waals surface area contributed by atoms with Crippen LogP contribution in [-0.4, -0.2) is 70.4 Å². The first kappa shape index (κ1) is 29.1. The Balaban J connectivity index is 1.50. The van der Waals surface area contributed by atoms with Gasteiger partial charge in [-0.15, -0.1) is 0 Å². The maximum Gasteiger partial charge on any atom is 0.408 e. The third kappa shape index (κ3) is 6.49. The van der Waals surface area contributed by atoms with E-state index in [4.69, 9.17) is 10.5 Å². The van der Waals surface area contributed by atoms with Crippen molar-refractivity contribution in [3.63, 3.8) is 0 Å². The molecule has 4 fully saturated rings. The number of likely N-dealkylation sites (tertiary alicyclic amines) is 1. The topological polar surface area (TPSA) is 160 Å². The summed E-state index contributed by atoms with van der Waals surface area (Å²) in [5.41, 5.74) is 3.96. The number of hydrogen-bond donors (Lipinski definition) is 4. The Kier molecular flexibility index (Phi) is 7.44. The fraction of sp³-hybridized carbons (Fsp3) is 0.821. The average Bonchev–Trinajstić information content (AvgIpc) is 3.25. The molecule has 4 atom stereocenters. The zero-order valence-electron chi connectivity index (χ0n) is 24.1. The van der Waals surface area contributed by atoms with Crippen molar-refractivity contribution in [3.05, 3.63) is 0 Å². The zero-order valence-corrected chi connectivity index (χ0v) is 24.1. The molecule has 218 valence electrons. The molecule has 3 unspecified atom stereocenters. The first-order valence-electron chi connectivity index (χ1n) is 14.1. The van der Waals surface area contributed by atoms with Gasteiger partial charge in [0.05, 0.1) is 0 Å². The summed E-state index contributed by atoms with van der Waals surface area (Å²) < 4.78 is 5.41. The predicted molar refractivity (Wildman–Crippen MR) is 143 cm³/mol. The smallest absolute Gasteiger partial charge is 0.408 e. The fourth-order valence-corrected chi connectivity index (χ4v) is 6.25. The molecule has 4 rings (SSSR count). The number of alkyl carbamates (subject to hydrolysis) is 1. The Morgan fingerprint density at radius 1 is 1.05 bits per heavy atom. The van der Waals surface area contributed by atoms with Crippen LogP contribution in [0.15, 0.2) is 0 Å². The van der Waals surface area contributed by atoms with Gasteiger partial charge in [0, 0.05) is 18.0 Å². The minimum atomic E-state index is -1.02. The molecule has 0 radical (unpaired) electrons. The Morgan fingerprint density at radius 3 is 2.15 bits per heavy atom. The highest BCUT2D eigenvalue weighted by Crippen LogP contribution is 2.51. The van der Waals surface area contributed by atoms with E-state index in [0.717, 1.165) is 32.1 Å². The van der Waals surface area contributed by atoms with Gasteiger partial charge in [-0.3, -0.25) is 19.2 Å². The summed E-state index contributed by atoms with van der Waals surface area (Å²) in [4.78, 5) is 66.7. The van der Waals surface area contributed by atoms with Crippen LogP contribution < -0.4 is 21.7 Å². The lowest BCUT2D eigenvalue weighted by Crippen LogP contribution is -2.59. The van der Waals surface area contributed by atoms with Crippen LogP contribution in [-0.2, 0) is 23.9 Å². The number of ether oxygens (including phenoxy) is 1. The number of carbonyl (C=O) groups is 5. The number of nitrogens with one attached hydrogen (secondary N) is 3. The van der Waals surface area contributed by atoms with Crippen LogP contribution in [0, 0.1) is 16.7 Å². The maximum absolute atomic E-state index is 14.0. The molecule has 0 aromatic heterocycles. The highest BCUT2D eigenvalue weighted by Gasteiger charge is 2.55. The molecular formula is C28H45N5O6. The molecule has 11 nitrogen and oxygen atoms in total. The fourth-order valence-electron chi connectivity index (χ4n) is 6.25. The van der Waals surface area contributed by atoms with Gasteiger partial charge in [-0.05, 0) is 76.5 Å². The summed E-state index contributed by atoms with van der Waals surface area (Å²) in [6, 6.07) is -2.76. The molecule has 2 aliphatic carbocycles. The van der Waals surface area contributed by atoms with E-state index in [-0.39, 0.29) is 29.2 Å². The lowest BCUT2D eigenvalue weighted by atomic mass is 9.67. The summed E-state index contributed by atoms with van der Waals surface area (Å²) in [5, 5.41) is 8.52. The van der Waals surface area contributed by atoms with Gasteiger partial charge in [-0.2, -0.15) is 0 Å². The first-order chi connectivity index (χ1) is 17.9. The molecule has 0 bridgehead atoms. The summed E-state index contributed by atoms with van der Waals surface area (Å²) in [6.07, 6.45) is 5.23. The summed E-state index contributed by atoms with van der Waals surface area (Å²) in [5.74, 6) is -2.03. The van der Waals surface area contributed by atoms with Crippen molar-refractivity contribution >= 4 is 29.7 Å². The van der Waals surface area contributed by atoms with Gasteiger partial charge in [0.15, 0.2) is 0 Å². The van der Waals surface area contributed by atoms with Crippen LogP contribution in [0.2, 0.25) is 0 Å². The van der Waals surface area contributed by atoms with E-state index in [0.29, 0.717) is 19.4 Å². The van der Waals surface area contributed by atoms with Crippen molar-refractivity contribution in [2.24, 2.45) is 22.5 Å². The molecule has 4 aliphatic rings. The number of hydrogen-bond acceptors (Lipinski definition) is 6. The molecule has 2 saturated carbocycles. The number of primary amides is 1. The van der Waals surface area contributed by atoms with E-state index in [1.54, 1.807) is 25.7 Å². The van der Waals surface area contributed by atoms with Gasteiger partial charge >= 0.3 is 6.09 Å². The largest absolute Gasteiger partial charge is 0.444 e. The van der Waals surface area contributed by atoms with Crippen LogP contribution in [0.25, 0.3) is 0 Å². The van der Waals surface area contributed by atoms with Crippen molar-refractivity contribution in [3.8, 4) is 0 Å². The number of carbonyl (C=O) groups excluding carboxylic acids is 5. The van der Waals surface area contributed by atoms with Gasteiger partial charge in [-0.25, -0.2) is 4.79 Å². The Labute approximate surface area is 230 Å². The van der Waals surface area contributed by atoms with E-state index in [9.17, 15) is 24.0 Å². The van der Waals surface area contributed by atoms with Crippen molar-refractivity contribution in [2.45, 2.75) is 122 Å². The number of rotatable bonds is 7. The minimum Gasteiger partial charge on any atom is -0.444 e. The van der Waals surface area contributed by atoms with Crippen molar-refractivity contribution in [1.82, 2.24) is 20.9 Å². The number of nitrogens with zero attached hydrogens (tertiary/aromatic N) is 1. The summed E-state index contributed by atoms with van der Waals surface area (Å²) in [6.45, 7) is 11.2. The van der Waals surface area contributed by atoms with Gasteiger partial charge in [0.1, 0.15) is 23.7 Å². The first-order valence-corrected chi connectivity index (χ1v) is 14.1. The zero-order chi connectivity index (χ0) is 29.0. The van der Waals surface area contributed by atoms with Crippen molar-refractivity contribution < 1.29 is 28.7 Å². The van der Waals surface area contributed by atoms with Crippen molar-refractivity contribution in [2.75, 3.05) is 6.54 Å². The van der Waals surface area contributed by atoms with E-state index < -0.39 is 53.0 Å². The van der Waals surface area contributed by atoms with Crippen LogP contribution in [0.5, 0.6) is 0 Å². The minimum absolute atomic E-state index is 0.111. The van der Waals surface area contributed by atoms with Gasteiger partial charge < -0.3 is 31.3 Å². The van der Waals surface area contributed by atoms with Crippen LogP contribution in [0.1, 0.15) is 92.9 Å². The summed E-state index contributed by atoms with van der Waals surface area (Å²) in [7, 11) is 0. The molecule has 2 spiro atoms. The third-order valence-electron chi connectivity index (χ3n) is 8.71. The van der Waals surface area contributed by atoms with Crippen molar-refractivity contribution in [1.29, 1.82) is 0 Å². The monoisotopic (exact) mass is 547 g/mol. The molecule has 2 aliphatic heterocycles. The second-order valence-corrected chi connectivity index (χ2v) is 14.4. The highest BCUT2D eigenvalue weighted by molar-refractivity contribution is 5.95. The molecule has 0 aromatic carbocycles. The Morgan fingerprint density at radius 2 is 1.69 bits per heavy atom. The SMILES string of the molecule is CC(C)(C)OC(=O)NC(C(=O)N1CC2(CCC2)CC1C(=O)NC(C[C@@H]1CC2(CC2)NC1=O)C(N)=O)C(C)(C)C. The standard InChI is InChI=1S/C28H45N5O6/c1-25(2,3)19(31-24(38)39-26(4,5)6)23(37)33-15-27(8-7-9-27)14-18(33)22(36)30-17(20(29)34)12-16-13-28(10-11-28)32-21(16)35/h16-19H,7-15H2,1-6H3,(H2,29,34)(H,30,36)(H,31,38)(H,32,35)/t16-,17?,18?,19?/m1/s1. The lowest BCUT2D eigenvalue weighted by Gasteiger charge is -2.39. The Hall–Kier alpha value is -2.85. The number of amides is 5. The third-order valence-corrected chi connectivity index (χ3v) is 8.71. The Bertz CT molecular complexity index is 1040. The maximum atomic E-state index is 14.0. The molecule has 0 aromatic rings. The van der Waals surface area contributed by atoms with Crippen LogP contribution in [0.3, 0.4) is 0 Å².